The Morgan fingerprint density at radius 3 is 2.50 bits per heavy atom. The molecule has 1 heterocycles. The van der Waals surface area contributed by atoms with Crippen molar-refractivity contribution in [2.45, 2.75) is 13.5 Å². The zero-order valence-electron chi connectivity index (χ0n) is 10.5. The minimum Gasteiger partial charge on any atom is -0.477 e. The van der Waals surface area contributed by atoms with Crippen LogP contribution in [-0.4, -0.2) is 26.8 Å². The second-order valence-electron chi connectivity index (χ2n) is 3.88. The van der Waals surface area contributed by atoms with Crippen molar-refractivity contribution >= 4 is 23.5 Å². The molecule has 0 aliphatic rings. The van der Waals surface area contributed by atoms with Crippen LogP contribution in [0.5, 0.6) is 5.75 Å². The molecule has 0 aliphatic heterocycles. The normalized spacial score (nSPS) is 10.3. The summed E-state index contributed by atoms with van der Waals surface area (Å²) >= 11 is 5.72. The van der Waals surface area contributed by atoms with E-state index in [1.807, 2.05) is 0 Å². The molecule has 0 bridgehead atoms. The summed E-state index contributed by atoms with van der Waals surface area (Å²) in [7, 11) is 0. The van der Waals surface area contributed by atoms with Crippen LogP contribution in [0.2, 0.25) is 5.02 Å². The number of rotatable bonds is 4. The number of benzene rings is 1. The highest BCUT2D eigenvalue weighted by molar-refractivity contribution is 6.30. The fourth-order valence-corrected chi connectivity index (χ4v) is 1.72. The van der Waals surface area contributed by atoms with Crippen LogP contribution >= 0.6 is 11.6 Å². The number of carboxylic acid groups (broad SMARTS) is 1. The van der Waals surface area contributed by atoms with Crippen molar-refractivity contribution in [2.75, 3.05) is 0 Å². The highest BCUT2D eigenvalue weighted by atomic mass is 35.5. The number of esters is 1. The third kappa shape index (κ3) is 2.97. The predicted octanol–water partition coefficient (Wildman–Crippen LogP) is 2.47. The number of aromatic carboxylic acids is 1. The quantitative estimate of drug-likeness (QED) is 0.692. The van der Waals surface area contributed by atoms with Gasteiger partial charge in [0.15, 0.2) is 5.69 Å². The van der Waals surface area contributed by atoms with Crippen molar-refractivity contribution in [2.24, 2.45) is 0 Å². The van der Waals surface area contributed by atoms with Crippen LogP contribution in [0.25, 0.3) is 0 Å². The number of ether oxygens (including phenoxy) is 1. The lowest BCUT2D eigenvalue weighted by Gasteiger charge is -2.01. The number of aromatic nitrogens is 2. The first kappa shape index (κ1) is 14.1. The Kier molecular flexibility index (Phi) is 4.05. The van der Waals surface area contributed by atoms with Gasteiger partial charge in [-0.25, -0.2) is 9.59 Å². The maximum atomic E-state index is 11.9. The number of nitrogens with zero attached hydrogens (tertiary/aromatic N) is 2. The van der Waals surface area contributed by atoms with Crippen molar-refractivity contribution in [3.8, 4) is 5.75 Å². The summed E-state index contributed by atoms with van der Waals surface area (Å²) in [5.74, 6) is -1.56. The van der Waals surface area contributed by atoms with E-state index in [-0.39, 0.29) is 11.4 Å². The summed E-state index contributed by atoms with van der Waals surface area (Å²) in [6.45, 7) is 2.07. The van der Waals surface area contributed by atoms with Crippen molar-refractivity contribution < 1.29 is 19.4 Å². The van der Waals surface area contributed by atoms with Gasteiger partial charge in [-0.2, -0.15) is 5.10 Å². The van der Waals surface area contributed by atoms with Gasteiger partial charge in [0.1, 0.15) is 11.4 Å². The number of hydrogen-bond acceptors (Lipinski definition) is 4. The first-order valence-electron chi connectivity index (χ1n) is 5.80. The van der Waals surface area contributed by atoms with E-state index in [0.717, 1.165) is 0 Å². The van der Waals surface area contributed by atoms with E-state index < -0.39 is 11.9 Å². The summed E-state index contributed by atoms with van der Waals surface area (Å²) in [6, 6.07) is 7.42. The molecule has 0 radical (unpaired) electrons. The number of carbonyl (C=O) groups excluding carboxylic acids is 1. The van der Waals surface area contributed by atoms with E-state index in [9.17, 15) is 9.59 Å². The van der Waals surface area contributed by atoms with Crippen LogP contribution in [0, 0.1) is 0 Å². The van der Waals surface area contributed by atoms with Gasteiger partial charge in [0.2, 0.25) is 0 Å². The number of carboxylic acids is 1. The van der Waals surface area contributed by atoms with Crippen molar-refractivity contribution in [1.29, 1.82) is 0 Å². The first-order valence-corrected chi connectivity index (χ1v) is 6.18. The van der Waals surface area contributed by atoms with Crippen LogP contribution in [0.15, 0.2) is 30.3 Å². The van der Waals surface area contributed by atoms with Crippen molar-refractivity contribution in [3.05, 3.63) is 46.7 Å². The van der Waals surface area contributed by atoms with Gasteiger partial charge in [0.05, 0.1) is 0 Å². The minimum absolute atomic E-state index is 0.0563. The number of hydrogen-bond donors (Lipinski definition) is 1. The Morgan fingerprint density at radius 2 is 2.00 bits per heavy atom. The Morgan fingerprint density at radius 1 is 1.35 bits per heavy atom. The topological polar surface area (TPSA) is 81.4 Å². The highest BCUT2D eigenvalue weighted by Gasteiger charge is 2.19. The van der Waals surface area contributed by atoms with E-state index in [1.54, 1.807) is 19.1 Å². The van der Waals surface area contributed by atoms with Crippen LogP contribution in [-0.2, 0) is 6.54 Å². The Balaban J connectivity index is 2.21. The molecule has 0 saturated heterocycles. The second-order valence-corrected chi connectivity index (χ2v) is 4.32. The molecule has 0 saturated carbocycles. The van der Waals surface area contributed by atoms with Crippen LogP contribution < -0.4 is 4.74 Å². The molecule has 2 rings (SSSR count). The molecule has 0 fully saturated rings. The number of carbonyl (C=O) groups is 2. The molecule has 1 aromatic carbocycles. The van der Waals surface area contributed by atoms with Gasteiger partial charge >= 0.3 is 11.9 Å². The largest absolute Gasteiger partial charge is 0.477 e. The van der Waals surface area contributed by atoms with Gasteiger partial charge in [0.25, 0.3) is 0 Å². The van der Waals surface area contributed by atoms with Crippen LogP contribution in [0.4, 0.5) is 0 Å². The van der Waals surface area contributed by atoms with Gasteiger partial charge in [-0.15, -0.1) is 0 Å². The predicted molar refractivity (Wildman–Crippen MR) is 71.3 cm³/mol. The van der Waals surface area contributed by atoms with Crippen molar-refractivity contribution in [3.63, 3.8) is 0 Å². The standard InChI is InChI=1S/C13H11ClN2O4/c1-2-16-11(12(17)18)7-10(15-16)13(19)20-9-5-3-8(14)4-6-9/h3-7H,2H2,1H3,(H,17,18). The lowest BCUT2D eigenvalue weighted by Crippen LogP contribution is -2.11. The molecular weight excluding hydrogens is 284 g/mol. The first-order chi connectivity index (χ1) is 9.51. The SMILES string of the molecule is CCn1nc(C(=O)Oc2ccc(Cl)cc2)cc1C(=O)O. The Labute approximate surface area is 119 Å². The fourth-order valence-electron chi connectivity index (χ4n) is 1.59. The molecule has 6 nitrogen and oxygen atoms in total. The number of aryl methyl sites for hydroxylation is 1. The second kappa shape index (κ2) is 5.75. The molecule has 2 aromatic rings. The third-order valence-electron chi connectivity index (χ3n) is 2.53. The fraction of sp³-hybridized carbons (Fsp3) is 0.154. The molecule has 7 heteroatoms. The molecule has 0 spiro atoms. The zero-order valence-corrected chi connectivity index (χ0v) is 11.3. The van der Waals surface area contributed by atoms with Gasteiger partial charge in [0, 0.05) is 17.6 Å². The highest BCUT2D eigenvalue weighted by Crippen LogP contribution is 2.17. The maximum absolute atomic E-state index is 11.9. The molecule has 104 valence electrons. The van der Waals surface area contributed by atoms with Gasteiger partial charge in [-0.05, 0) is 31.2 Å². The summed E-state index contributed by atoms with van der Waals surface area (Å²) in [5.41, 5.74) is -0.116. The monoisotopic (exact) mass is 294 g/mol. The summed E-state index contributed by atoms with van der Waals surface area (Å²) in [5, 5.41) is 13.4. The zero-order chi connectivity index (χ0) is 14.7. The van der Waals surface area contributed by atoms with E-state index in [0.29, 0.717) is 17.3 Å². The summed E-state index contributed by atoms with van der Waals surface area (Å²) in [6.07, 6.45) is 0. The molecule has 20 heavy (non-hydrogen) atoms. The molecule has 0 unspecified atom stereocenters. The lowest BCUT2D eigenvalue weighted by molar-refractivity contribution is 0.0681. The van der Waals surface area contributed by atoms with E-state index in [1.165, 1.54) is 22.9 Å². The molecule has 1 aromatic heterocycles. The van der Waals surface area contributed by atoms with Gasteiger partial charge < -0.3 is 9.84 Å². The molecule has 0 amide bonds. The molecular formula is C13H11ClN2O4. The average molecular weight is 295 g/mol. The van der Waals surface area contributed by atoms with Gasteiger partial charge in [-0.1, -0.05) is 11.6 Å². The molecule has 1 N–H and O–H groups in total. The van der Waals surface area contributed by atoms with E-state index in [4.69, 9.17) is 21.4 Å². The maximum Gasteiger partial charge on any atom is 0.364 e. The van der Waals surface area contributed by atoms with E-state index >= 15 is 0 Å². The summed E-state index contributed by atoms with van der Waals surface area (Å²) < 4.78 is 6.30. The van der Waals surface area contributed by atoms with Crippen molar-refractivity contribution in [1.82, 2.24) is 9.78 Å². The minimum atomic E-state index is -1.15. The Bertz CT molecular complexity index is 649. The molecule has 0 atom stereocenters. The van der Waals surface area contributed by atoms with E-state index in [2.05, 4.69) is 5.10 Å². The average Bonchev–Trinajstić information content (AvgIpc) is 2.86. The van der Waals surface area contributed by atoms with Gasteiger partial charge in [-0.3, -0.25) is 4.68 Å². The third-order valence-corrected chi connectivity index (χ3v) is 2.78. The Hall–Kier alpha value is -2.34. The van der Waals surface area contributed by atoms with Crippen LogP contribution in [0.3, 0.4) is 0 Å². The summed E-state index contributed by atoms with van der Waals surface area (Å²) in [4.78, 5) is 22.9. The smallest absolute Gasteiger partial charge is 0.364 e. The van der Waals surface area contributed by atoms with Crippen LogP contribution in [0.1, 0.15) is 27.9 Å². The number of halogens is 1. The lowest BCUT2D eigenvalue weighted by atomic mass is 10.3. The molecule has 0 aliphatic carbocycles.